The van der Waals surface area contributed by atoms with Crippen molar-refractivity contribution in [1.82, 2.24) is 24.3 Å². The number of ether oxygens (including phenoxy) is 2. The second-order valence-corrected chi connectivity index (χ2v) is 7.50. The number of rotatable bonds is 7. The van der Waals surface area contributed by atoms with E-state index in [4.69, 9.17) is 9.47 Å². The van der Waals surface area contributed by atoms with Crippen molar-refractivity contribution in [2.24, 2.45) is 0 Å². The fourth-order valence-corrected chi connectivity index (χ4v) is 3.81. The Labute approximate surface area is 186 Å². The van der Waals surface area contributed by atoms with Gasteiger partial charge in [-0.25, -0.2) is 23.4 Å². The summed E-state index contributed by atoms with van der Waals surface area (Å²) in [6, 6.07) is 4.86. The minimum atomic E-state index is -2.01. The predicted molar refractivity (Wildman–Crippen MR) is 114 cm³/mol. The molecule has 0 spiro atoms. The number of methoxy groups -OCH3 is 2. The van der Waals surface area contributed by atoms with Gasteiger partial charge < -0.3 is 14.6 Å². The number of hydrogen-bond acceptors (Lipinski definition) is 7. The molecule has 2 aromatic carbocycles. The maximum atomic E-state index is 14.8. The van der Waals surface area contributed by atoms with Crippen LogP contribution >= 0.6 is 0 Å². The number of halogens is 2. The molecule has 0 aliphatic heterocycles. The van der Waals surface area contributed by atoms with Crippen LogP contribution in [0, 0.1) is 11.6 Å². The molecule has 9 nitrogen and oxygen atoms in total. The fraction of sp³-hybridized carbons (Fsp3) is 0.273. The molecule has 2 atom stereocenters. The van der Waals surface area contributed by atoms with E-state index in [2.05, 4.69) is 15.1 Å². The molecule has 0 aliphatic rings. The second-order valence-electron chi connectivity index (χ2n) is 7.50. The Morgan fingerprint density at radius 1 is 1.12 bits per heavy atom. The molecule has 0 amide bonds. The number of hydrogen-bond donors (Lipinski definition) is 1. The Morgan fingerprint density at radius 3 is 2.48 bits per heavy atom. The first-order chi connectivity index (χ1) is 15.8. The summed E-state index contributed by atoms with van der Waals surface area (Å²) >= 11 is 0. The van der Waals surface area contributed by atoms with Crippen LogP contribution in [0.15, 0.2) is 54.1 Å². The number of aliphatic hydroxyl groups is 1. The van der Waals surface area contributed by atoms with Crippen molar-refractivity contribution in [3.05, 3.63) is 76.9 Å². The number of nitrogens with zero attached hydrogens (tertiary/aromatic N) is 5. The Balaban J connectivity index is 1.89. The molecule has 0 radical (unpaired) electrons. The number of aromatic nitrogens is 5. The van der Waals surface area contributed by atoms with Crippen molar-refractivity contribution in [2.45, 2.75) is 25.1 Å². The van der Waals surface area contributed by atoms with E-state index in [-0.39, 0.29) is 17.5 Å². The lowest BCUT2D eigenvalue weighted by molar-refractivity contribution is -0.0343. The molecule has 172 valence electrons. The quantitative estimate of drug-likeness (QED) is 0.455. The highest BCUT2D eigenvalue weighted by Crippen LogP contribution is 2.37. The number of fused-ring (bicyclic) bond motifs is 1. The monoisotopic (exact) mass is 457 g/mol. The van der Waals surface area contributed by atoms with E-state index < -0.39 is 28.8 Å². The highest BCUT2D eigenvalue weighted by molar-refractivity contribution is 5.81. The van der Waals surface area contributed by atoms with E-state index in [1.165, 1.54) is 55.4 Å². The summed E-state index contributed by atoms with van der Waals surface area (Å²) in [6.07, 6.45) is 3.86. The zero-order chi connectivity index (χ0) is 23.8. The van der Waals surface area contributed by atoms with Crippen LogP contribution in [0.2, 0.25) is 0 Å². The Kier molecular flexibility index (Phi) is 5.81. The predicted octanol–water partition coefficient (Wildman–Crippen LogP) is 2.43. The molecule has 0 fully saturated rings. The first-order valence-electron chi connectivity index (χ1n) is 9.91. The van der Waals surface area contributed by atoms with Gasteiger partial charge >= 0.3 is 0 Å². The molecule has 0 aliphatic carbocycles. The van der Waals surface area contributed by atoms with Gasteiger partial charge in [0, 0.05) is 17.7 Å². The molecular formula is C22H21F2N5O4. The molecule has 0 saturated carbocycles. The zero-order valence-electron chi connectivity index (χ0n) is 18.1. The molecular weight excluding hydrogens is 436 g/mol. The average Bonchev–Trinajstić information content (AvgIpc) is 3.30. The molecule has 33 heavy (non-hydrogen) atoms. The van der Waals surface area contributed by atoms with Gasteiger partial charge in [-0.15, -0.1) is 0 Å². The van der Waals surface area contributed by atoms with E-state index >= 15 is 0 Å². The topological polar surface area (TPSA) is 104 Å². The largest absolute Gasteiger partial charge is 0.493 e. The van der Waals surface area contributed by atoms with Gasteiger partial charge in [0.2, 0.25) is 0 Å². The average molecular weight is 457 g/mol. The molecule has 2 unspecified atom stereocenters. The standard InChI is InChI=1S/C22H21F2N5O4/c1-13(29-12-26-18-8-20(33-3)19(32-2)7-15(18)21(29)30)22(31,9-28-11-25-10-27-28)16-5-4-14(23)6-17(16)24/h4-8,10-13,31H,9H2,1-3H3. The van der Waals surface area contributed by atoms with Gasteiger partial charge in [0.05, 0.1) is 44.0 Å². The van der Waals surface area contributed by atoms with Crippen molar-refractivity contribution in [1.29, 1.82) is 0 Å². The summed E-state index contributed by atoms with van der Waals surface area (Å²) in [7, 11) is 2.91. The molecule has 1 N–H and O–H groups in total. The van der Waals surface area contributed by atoms with Crippen LogP contribution in [0.5, 0.6) is 11.5 Å². The minimum Gasteiger partial charge on any atom is -0.493 e. The van der Waals surface area contributed by atoms with Crippen molar-refractivity contribution >= 4 is 10.9 Å². The molecule has 2 aromatic heterocycles. The van der Waals surface area contributed by atoms with E-state index in [9.17, 15) is 18.7 Å². The van der Waals surface area contributed by atoms with Gasteiger partial charge in [-0.2, -0.15) is 5.10 Å². The van der Waals surface area contributed by atoms with Crippen molar-refractivity contribution in [3.8, 4) is 11.5 Å². The van der Waals surface area contributed by atoms with Gasteiger partial charge in [-0.1, -0.05) is 6.07 Å². The third-order valence-electron chi connectivity index (χ3n) is 5.66. The Bertz CT molecular complexity index is 1360. The summed E-state index contributed by atoms with van der Waals surface area (Å²) in [5, 5.41) is 15.9. The third kappa shape index (κ3) is 3.91. The van der Waals surface area contributed by atoms with E-state index in [0.717, 1.165) is 12.1 Å². The van der Waals surface area contributed by atoms with E-state index in [0.29, 0.717) is 23.1 Å². The maximum Gasteiger partial charge on any atom is 0.261 e. The van der Waals surface area contributed by atoms with Crippen LogP contribution in [0.3, 0.4) is 0 Å². The molecule has 4 rings (SSSR count). The molecule has 0 bridgehead atoms. The van der Waals surface area contributed by atoms with Gasteiger partial charge in [0.15, 0.2) is 11.5 Å². The highest BCUT2D eigenvalue weighted by Gasteiger charge is 2.41. The van der Waals surface area contributed by atoms with Crippen molar-refractivity contribution in [2.75, 3.05) is 14.2 Å². The highest BCUT2D eigenvalue weighted by atomic mass is 19.1. The van der Waals surface area contributed by atoms with E-state index in [1.54, 1.807) is 6.07 Å². The van der Waals surface area contributed by atoms with Gasteiger partial charge in [-0.05, 0) is 19.1 Å². The van der Waals surface area contributed by atoms with Crippen LogP contribution < -0.4 is 15.0 Å². The molecule has 4 aromatic rings. The Morgan fingerprint density at radius 2 is 1.85 bits per heavy atom. The lowest BCUT2D eigenvalue weighted by atomic mass is 9.86. The summed E-state index contributed by atoms with van der Waals surface area (Å²) in [4.78, 5) is 21.5. The zero-order valence-corrected chi connectivity index (χ0v) is 18.1. The molecule has 2 heterocycles. The SMILES string of the molecule is COc1cc2ncn(C(C)C(O)(Cn3cncn3)c3ccc(F)cc3F)c(=O)c2cc1OC. The maximum absolute atomic E-state index is 14.8. The van der Waals surface area contributed by atoms with Gasteiger partial charge in [0.25, 0.3) is 5.56 Å². The summed E-state index contributed by atoms with van der Waals surface area (Å²) in [6.45, 7) is 1.28. The van der Waals surface area contributed by atoms with Crippen molar-refractivity contribution in [3.63, 3.8) is 0 Å². The fourth-order valence-electron chi connectivity index (χ4n) is 3.81. The lowest BCUT2D eigenvalue weighted by Gasteiger charge is -2.35. The van der Waals surface area contributed by atoms with Gasteiger partial charge in [0.1, 0.15) is 29.9 Å². The van der Waals surface area contributed by atoms with Crippen LogP contribution in [0.4, 0.5) is 8.78 Å². The van der Waals surface area contributed by atoms with E-state index in [1.807, 2.05) is 0 Å². The third-order valence-corrected chi connectivity index (χ3v) is 5.66. The molecule has 11 heteroatoms. The first-order valence-corrected chi connectivity index (χ1v) is 9.91. The smallest absolute Gasteiger partial charge is 0.261 e. The number of benzene rings is 2. The van der Waals surface area contributed by atoms with Crippen LogP contribution in [0.25, 0.3) is 10.9 Å². The Hall–Kier alpha value is -3.86. The molecule has 0 saturated heterocycles. The first kappa shape index (κ1) is 22.3. The summed E-state index contributed by atoms with van der Waals surface area (Å²) in [5.74, 6) is -1.02. The van der Waals surface area contributed by atoms with Crippen molar-refractivity contribution < 1.29 is 23.4 Å². The summed E-state index contributed by atoms with van der Waals surface area (Å²) in [5.41, 5.74) is -2.35. The van der Waals surface area contributed by atoms with Crippen LogP contribution in [-0.2, 0) is 12.1 Å². The lowest BCUT2D eigenvalue weighted by Crippen LogP contribution is -2.43. The normalized spacial score (nSPS) is 14.1. The summed E-state index contributed by atoms with van der Waals surface area (Å²) < 4.78 is 41.4. The van der Waals surface area contributed by atoms with Crippen LogP contribution in [-0.4, -0.2) is 43.6 Å². The van der Waals surface area contributed by atoms with Crippen LogP contribution in [0.1, 0.15) is 18.5 Å². The van der Waals surface area contributed by atoms with Gasteiger partial charge in [-0.3, -0.25) is 9.36 Å². The minimum absolute atomic E-state index is 0.203. The second kappa shape index (κ2) is 8.58.